The first-order valence-corrected chi connectivity index (χ1v) is 12.7. The maximum Gasteiger partial charge on any atom is 0.272 e. The van der Waals surface area contributed by atoms with Crippen LogP contribution in [0, 0.1) is 5.92 Å². The summed E-state index contributed by atoms with van der Waals surface area (Å²) in [6.07, 6.45) is 3.88. The van der Waals surface area contributed by atoms with Gasteiger partial charge in [0.2, 0.25) is 5.88 Å². The van der Waals surface area contributed by atoms with Gasteiger partial charge in [-0.2, -0.15) is 11.8 Å². The van der Waals surface area contributed by atoms with Crippen molar-refractivity contribution in [1.82, 2.24) is 10.3 Å². The van der Waals surface area contributed by atoms with Gasteiger partial charge in [-0.05, 0) is 53.5 Å². The van der Waals surface area contributed by atoms with E-state index in [0.29, 0.717) is 42.8 Å². The van der Waals surface area contributed by atoms with E-state index in [1.54, 1.807) is 23.9 Å². The molecular formula is C26H29N3O4S. The first-order chi connectivity index (χ1) is 16.6. The van der Waals surface area contributed by atoms with Crippen molar-refractivity contribution in [1.29, 1.82) is 0 Å². The highest BCUT2D eigenvalue weighted by Gasteiger charge is 2.21. The number of fused-ring (bicyclic) bond motifs is 1. The SMILES string of the molecule is COc1ccc(NC(=O)c2ccc(CSC)c3ccccc23)c(C(=O)NCC2CCOCC2)n1. The second kappa shape index (κ2) is 11.4. The van der Waals surface area contributed by atoms with Crippen LogP contribution in [0.4, 0.5) is 5.69 Å². The van der Waals surface area contributed by atoms with Crippen LogP contribution in [0.15, 0.2) is 48.5 Å². The number of nitrogens with zero attached hydrogens (tertiary/aromatic N) is 1. The van der Waals surface area contributed by atoms with Crippen LogP contribution >= 0.6 is 11.8 Å². The monoisotopic (exact) mass is 479 g/mol. The van der Waals surface area contributed by atoms with Crippen LogP contribution < -0.4 is 15.4 Å². The highest BCUT2D eigenvalue weighted by molar-refractivity contribution is 7.97. The number of methoxy groups -OCH3 is 1. The number of carbonyl (C=O) groups excluding carboxylic acids is 2. The zero-order chi connectivity index (χ0) is 23.9. The summed E-state index contributed by atoms with van der Waals surface area (Å²) in [7, 11) is 1.49. The number of benzene rings is 2. The molecule has 2 amide bonds. The molecule has 8 heteroatoms. The first-order valence-electron chi connectivity index (χ1n) is 11.3. The molecule has 0 unspecified atom stereocenters. The van der Waals surface area contributed by atoms with E-state index in [1.807, 2.05) is 36.4 Å². The van der Waals surface area contributed by atoms with Crippen LogP contribution in [0.25, 0.3) is 10.8 Å². The summed E-state index contributed by atoms with van der Waals surface area (Å²) in [5.41, 5.74) is 2.19. The summed E-state index contributed by atoms with van der Waals surface area (Å²) in [5, 5.41) is 7.78. The third-order valence-electron chi connectivity index (χ3n) is 5.99. The van der Waals surface area contributed by atoms with Gasteiger partial charge in [-0.3, -0.25) is 9.59 Å². The predicted octanol–water partition coefficient (Wildman–Crippen LogP) is 4.52. The number of pyridine rings is 1. The minimum atomic E-state index is -0.346. The van der Waals surface area contributed by atoms with E-state index in [4.69, 9.17) is 9.47 Å². The number of carbonyl (C=O) groups is 2. The molecule has 34 heavy (non-hydrogen) atoms. The highest BCUT2D eigenvalue weighted by Crippen LogP contribution is 2.27. The van der Waals surface area contributed by atoms with Crippen molar-refractivity contribution in [3.63, 3.8) is 0 Å². The van der Waals surface area contributed by atoms with Gasteiger partial charge in [0, 0.05) is 37.1 Å². The smallest absolute Gasteiger partial charge is 0.272 e. The molecule has 178 valence electrons. The second-order valence-electron chi connectivity index (χ2n) is 8.22. The number of hydrogen-bond donors (Lipinski definition) is 2. The van der Waals surface area contributed by atoms with E-state index in [-0.39, 0.29) is 17.5 Å². The minimum Gasteiger partial charge on any atom is -0.481 e. The van der Waals surface area contributed by atoms with Crippen LogP contribution in [-0.4, -0.2) is 49.9 Å². The van der Waals surface area contributed by atoms with E-state index in [2.05, 4.69) is 21.9 Å². The Morgan fingerprint density at radius 1 is 1.06 bits per heavy atom. The first kappa shape index (κ1) is 24.0. The van der Waals surface area contributed by atoms with Crippen LogP contribution in [0.5, 0.6) is 5.88 Å². The number of thioether (sulfide) groups is 1. The van der Waals surface area contributed by atoms with Crippen molar-refractivity contribution >= 4 is 40.0 Å². The lowest BCUT2D eigenvalue weighted by Gasteiger charge is -2.22. The molecule has 1 aromatic heterocycles. The molecule has 1 aliphatic heterocycles. The second-order valence-corrected chi connectivity index (χ2v) is 9.09. The van der Waals surface area contributed by atoms with Gasteiger partial charge in [0.1, 0.15) is 0 Å². The Morgan fingerprint density at radius 3 is 2.56 bits per heavy atom. The van der Waals surface area contributed by atoms with Gasteiger partial charge in [0.15, 0.2) is 5.69 Å². The molecule has 0 saturated carbocycles. The van der Waals surface area contributed by atoms with E-state index in [9.17, 15) is 9.59 Å². The van der Waals surface area contributed by atoms with Crippen molar-refractivity contribution in [2.75, 3.05) is 38.4 Å². The van der Waals surface area contributed by atoms with Gasteiger partial charge in [-0.1, -0.05) is 30.3 Å². The van der Waals surface area contributed by atoms with Crippen molar-refractivity contribution in [2.45, 2.75) is 18.6 Å². The molecule has 0 spiro atoms. The van der Waals surface area contributed by atoms with Gasteiger partial charge in [-0.15, -0.1) is 0 Å². The number of rotatable bonds is 8. The van der Waals surface area contributed by atoms with Crippen molar-refractivity contribution in [3.05, 3.63) is 65.4 Å². The molecule has 1 saturated heterocycles. The Kier molecular flexibility index (Phi) is 8.03. The lowest BCUT2D eigenvalue weighted by molar-refractivity contribution is 0.0642. The van der Waals surface area contributed by atoms with Crippen molar-refractivity contribution in [3.8, 4) is 5.88 Å². The lowest BCUT2D eigenvalue weighted by Crippen LogP contribution is -2.33. The van der Waals surface area contributed by atoms with E-state index >= 15 is 0 Å². The summed E-state index contributed by atoms with van der Waals surface area (Å²) >= 11 is 1.74. The number of anilines is 1. The Hall–Kier alpha value is -3.10. The molecule has 0 bridgehead atoms. The number of nitrogens with one attached hydrogen (secondary N) is 2. The average molecular weight is 480 g/mol. The quantitative estimate of drug-likeness (QED) is 0.494. The summed E-state index contributed by atoms with van der Waals surface area (Å²) in [4.78, 5) is 30.6. The minimum absolute atomic E-state index is 0.128. The maximum atomic E-state index is 13.3. The fraction of sp³-hybridized carbons (Fsp3) is 0.346. The maximum absolute atomic E-state index is 13.3. The fourth-order valence-electron chi connectivity index (χ4n) is 4.13. The third kappa shape index (κ3) is 5.51. The Labute approximate surface area is 203 Å². The summed E-state index contributed by atoms with van der Waals surface area (Å²) in [6, 6.07) is 15.0. The largest absolute Gasteiger partial charge is 0.481 e. The molecule has 2 aromatic carbocycles. The van der Waals surface area contributed by atoms with Gasteiger partial charge in [0.25, 0.3) is 11.8 Å². The summed E-state index contributed by atoms with van der Waals surface area (Å²) < 4.78 is 10.6. The van der Waals surface area contributed by atoms with E-state index in [0.717, 1.165) is 29.4 Å². The Balaban J connectivity index is 1.58. The van der Waals surface area contributed by atoms with Gasteiger partial charge in [-0.25, -0.2) is 4.98 Å². The van der Waals surface area contributed by atoms with Crippen LogP contribution in [-0.2, 0) is 10.5 Å². The van der Waals surface area contributed by atoms with E-state index in [1.165, 1.54) is 12.7 Å². The lowest BCUT2D eigenvalue weighted by atomic mass is 9.99. The molecule has 0 radical (unpaired) electrons. The molecule has 0 atom stereocenters. The predicted molar refractivity (Wildman–Crippen MR) is 136 cm³/mol. The van der Waals surface area contributed by atoms with Crippen molar-refractivity contribution in [2.24, 2.45) is 5.92 Å². The molecule has 2 heterocycles. The molecular weight excluding hydrogens is 450 g/mol. The van der Waals surface area contributed by atoms with Crippen LogP contribution in [0.3, 0.4) is 0 Å². The number of aromatic nitrogens is 1. The summed E-state index contributed by atoms with van der Waals surface area (Å²) in [6.45, 7) is 1.96. The average Bonchev–Trinajstić information content (AvgIpc) is 2.88. The molecule has 7 nitrogen and oxygen atoms in total. The topological polar surface area (TPSA) is 89.5 Å². The molecule has 4 rings (SSSR count). The summed E-state index contributed by atoms with van der Waals surface area (Å²) in [5.74, 6) is 0.897. The van der Waals surface area contributed by atoms with E-state index < -0.39 is 0 Å². The Bertz CT molecular complexity index is 1180. The molecule has 1 aliphatic rings. The Morgan fingerprint density at radius 2 is 1.82 bits per heavy atom. The molecule has 0 aliphatic carbocycles. The highest BCUT2D eigenvalue weighted by atomic mass is 32.2. The molecule has 2 N–H and O–H groups in total. The normalized spacial score (nSPS) is 14.1. The number of ether oxygens (including phenoxy) is 2. The zero-order valence-electron chi connectivity index (χ0n) is 19.4. The molecule has 3 aromatic rings. The van der Waals surface area contributed by atoms with Gasteiger partial charge >= 0.3 is 0 Å². The van der Waals surface area contributed by atoms with Crippen LogP contribution in [0.2, 0.25) is 0 Å². The van der Waals surface area contributed by atoms with Gasteiger partial charge < -0.3 is 20.1 Å². The number of hydrogen-bond acceptors (Lipinski definition) is 6. The third-order valence-corrected chi connectivity index (χ3v) is 6.59. The number of amides is 2. The van der Waals surface area contributed by atoms with Crippen molar-refractivity contribution < 1.29 is 19.1 Å². The molecule has 1 fully saturated rings. The fourth-order valence-corrected chi connectivity index (χ4v) is 4.69. The van der Waals surface area contributed by atoms with Crippen LogP contribution in [0.1, 0.15) is 39.3 Å². The standard InChI is InChI=1S/C26H29N3O4S/c1-32-23-10-9-22(24(29-23)26(31)27-15-17-11-13-33-14-12-17)28-25(30)21-8-7-18(16-34-2)19-5-3-4-6-20(19)21/h3-10,17H,11-16H2,1-2H3,(H,27,31)(H,28,30). The van der Waals surface area contributed by atoms with Gasteiger partial charge in [0.05, 0.1) is 12.8 Å². The zero-order valence-corrected chi connectivity index (χ0v) is 20.2.